The van der Waals surface area contributed by atoms with Gasteiger partial charge in [-0.1, -0.05) is 6.92 Å². The molecule has 0 aromatic heterocycles. The van der Waals surface area contributed by atoms with Gasteiger partial charge < -0.3 is 15.7 Å². The molecule has 1 aromatic rings. The van der Waals surface area contributed by atoms with Gasteiger partial charge in [0.05, 0.1) is 12.1 Å². The van der Waals surface area contributed by atoms with E-state index in [-0.39, 0.29) is 12.5 Å². The van der Waals surface area contributed by atoms with Gasteiger partial charge >= 0.3 is 0 Å². The molecule has 0 radical (unpaired) electrons. The van der Waals surface area contributed by atoms with Crippen molar-refractivity contribution in [3.8, 4) is 0 Å². The van der Waals surface area contributed by atoms with Crippen molar-refractivity contribution in [1.82, 2.24) is 4.90 Å². The molecule has 0 aliphatic heterocycles. The van der Waals surface area contributed by atoms with Gasteiger partial charge in [0, 0.05) is 25.0 Å². The third-order valence-corrected chi connectivity index (χ3v) is 3.07. The number of nitrogens with two attached hydrogens (primary N) is 1. The normalized spacial score (nSPS) is 11.7. The number of hydrogen-bond acceptors (Lipinski definition) is 4. The number of nitrogens with zero attached hydrogens (tertiary/aromatic N) is 2. The van der Waals surface area contributed by atoms with E-state index in [1.54, 1.807) is 37.9 Å². The van der Waals surface area contributed by atoms with Gasteiger partial charge in [-0.15, -0.1) is 0 Å². The molecule has 0 atom stereocenters. The van der Waals surface area contributed by atoms with Crippen molar-refractivity contribution < 1.29 is 9.90 Å². The first-order valence-corrected chi connectivity index (χ1v) is 6.80. The van der Waals surface area contributed by atoms with Crippen molar-refractivity contribution in [3.05, 3.63) is 24.3 Å². The van der Waals surface area contributed by atoms with Crippen molar-refractivity contribution in [3.63, 3.8) is 0 Å². The second-order valence-electron chi connectivity index (χ2n) is 5.66. The Morgan fingerprint density at radius 1 is 1.30 bits per heavy atom. The minimum absolute atomic E-state index is 0.0131. The molecule has 0 aliphatic carbocycles. The molecule has 0 spiro atoms. The Hall–Kier alpha value is -1.59. The van der Waals surface area contributed by atoms with Crippen molar-refractivity contribution in [1.29, 1.82) is 0 Å². The fraction of sp³-hybridized carbons (Fsp3) is 0.533. The first-order valence-electron chi connectivity index (χ1n) is 6.80. The summed E-state index contributed by atoms with van der Waals surface area (Å²) in [5.74, 6) is -0.0131. The van der Waals surface area contributed by atoms with Crippen LogP contribution >= 0.6 is 0 Å². The Morgan fingerprint density at radius 2 is 1.85 bits per heavy atom. The maximum absolute atomic E-state index is 12.3. The molecule has 0 heterocycles. The van der Waals surface area contributed by atoms with Crippen LogP contribution in [0, 0.1) is 0 Å². The lowest BCUT2D eigenvalue weighted by atomic mass is 10.1. The van der Waals surface area contributed by atoms with Crippen molar-refractivity contribution in [2.75, 3.05) is 37.3 Å². The van der Waals surface area contributed by atoms with Crippen LogP contribution in [-0.4, -0.2) is 48.2 Å². The molecule has 5 nitrogen and oxygen atoms in total. The molecule has 0 unspecified atom stereocenters. The van der Waals surface area contributed by atoms with Crippen LogP contribution < -0.4 is 10.6 Å². The average Bonchev–Trinajstić information content (AvgIpc) is 2.36. The summed E-state index contributed by atoms with van der Waals surface area (Å²) in [7, 11) is 1.74. The van der Waals surface area contributed by atoms with E-state index in [4.69, 9.17) is 5.73 Å². The summed E-state index contributed by atoms with van der Waals surface area (Å²) in [4.78, 5) is 15.8. The average molecular weight is 279 g/mol. The fourth-order valence-electron chi connectivity index (χ4n) is 1.97. The Kier molecular flexibility index (Phi) is 5.53. The summed E-state index contributed by atoms with van der Waals surface area (Å²) in [6.45, 7) is 6.91. The van der Waals surface area contributed by atoms with Crippen LogP contribution in [0.4, 0.5) is 11.4 Å². The van der Waals surface area contributed by atoms with Gasteiger partial charge in [-0.3, -0.25) is 9.69 Å². The summed E-state index contributed by atoms with van der Waals surface area (Å²) < 4.78 is 0. The highest BCUT2D eigenvalue weighted by molar-refractivity contribution is 5.94. The lowest BCUT2D eigenvalue weighted by Gasteiger charge is -2.29. The monoisotopic (exact) mass is 279 g/mol. The number of amides is 1. The van der Waals surface area contributed by atoms with E-state index in [1.807, 2.05) is 24.0 Å². The molecule has 1 aromatic carbocycles. The Balaban J connectivity index is 2.67. The van der Waals surface area contributed by atoms with Crippen molar-refractivity contribution >= 4 is 17.3 Å². The van der Waals surface area contributed by atoms with Crippen LogP contribution in [0.25, 0.3) is 0 Å². The van der Waals surface area contributed by atoms with Crippen LogP contribution in [0.2, 0.25) is 0 Å². The molecule has 0 saturated heterocycles. The van der Waals surface area contributed by atoms with Crippen LogP contribution in [0.5, 0.6) is 0 Å². The van der Waals surface area contributed by atoms with Gasteiger partial charge in [0.15, 0.2) is 0 Å². The second kappa shape index (κ2) is 6.72. The number of hydrogen-bond donors (Lipinski definition) is 2. The third kappa shape index (κ3) is 5.19. The van der Waals surface area contributed by atoms with Crippen LogP contribution in [-0.2, 0) is 4.79 Å². The summed E-state index contributed by atoms with van der Waals surface area (Å²) in [6, 6.07) is 7.18. The smallest absolute Gasteiger partial charge is 0.240 e. The van der Waals surface area contributed by atoms with E-state index in [0.717, 1.165) is 5.69 Å². The van der Waals surface area contributed by atoms with E-state index in [1.165, 1.54) is 0 Å². The molecule has 0 fully saturated rings. The first-order chi connectivity index (χ1) is 9.23. The molecule has 112 valence electrons. The number of carbonyl (C=O) groups excluding carboxylic acids is 1. The Bertz CT molecular complexity index is 437. The number of rotatable bonds is 6. The number of aliphatic hydroxyl groups is 1. The van der Waals surface area contributed by atoms with Crippen molar-refractivity contribution in [2.45, 2.75) is 26.4 Å². The number of carbonyl (C=O) groups is 1. The highest BCUT2D eigenvalue weighted by Crippen LogP contribution is 2.15. The Morgan fingerprint density at radius 3 is 2.30 bits per heavy atom. The minimum atomic E-state index is -0.809. The first kappa shape index (κ1) is 16.5. The molecule has 1 amide bonds. The minimum Gasteiger partial charge on any atom is -0.399 e. The van der Waals surface area contributed by atoms with Gasteiger partial charge in [-0.25, -0.2) is 0 Å². The zero-order chi connectivity index (χ0) is 15.3. The molecule has 0 saturated carbocycles. The lowest BCUT2D eigenvalue weighted by Crippen LogP contribution is -2.44. The largest absolute Gasteiger partial charge is 0.399 e. The lowest BCUT2D eigenvalue weighted by molar-refractivity contribution is -0.120. The molecular weight excluding hydrogens is 254 g/mol. The standard InChI is InChI=1S/C15H25N3O2/c1-5-18(11-15(2,3)20)10-14(19)17(4)13-8-6-12(16)7-9-13/h6-9,20H,5,10-11,16H2,1-4H3. The van der Waals surface area contributed by atoms with E-state index >= 15 is 0 Å². The SMILES string of the molecule is CCN(CC(=O)N(C)c1ccc(N)cc1)CC(C)(C)O. The molecule has 0 bridgehead atoms. The van der Waals surface area contributed by atoms with E-state index in [9.17, 15) is 9.90 Å². The zero-order valence-electron chi connectivity index (χ0n) is 12.8. The number of benzene rings is 1. The topological polar surface area (TPSA) is 69.8 Å². The van der Waals surface area contributed by atoms with Gasteiger partial charge in [0.1, 0.15) is 0 Å². The fourth-order valence-corrected chi connectivity index (χ4v) is 1.97. The molecule has 20 heavy (non-hydrogen) atoms. The van der Waals surface area contributed by atoms with E-state index in [0.29, 0.717) is 18.8 Å². The number of anilines is 2. The van der Waals surface area contributed by atoms with Crippen LogP contribution in [0.15, 0.2) is 24.3 Å². The summed E-state index contributed by atoms with van der Waals surface area (Å²) >= 11 is 0. The highest BCUT2D eigenvalue weighted by Gasteiger charge is 2.21. The second-order valence-corrected chi connectivity index (χ2v) is 5.66. The van der Waals surface area contributed by atoms with Crippen LogP contribution in [0.3, 0.4) is 0 Å². The predicted molar refractivity (Wildman–Crippen MR) is 82.7 cm³/mol. The molecule has 0 aliphatic rings. The van der Waals surface area contributed by atoms with Gasteiger partial charge in [-0.05, 0) is 44.7 Å². The van der Waals surface area contributed by atoms with Crippen LogP contribution in [0.1, 0.15) is 20.8 Å². The molecule has 3 N–H and O–H groups in total. The zero-order valence-corrected chi connectivity index (χ0v) is 12.8. The van der Waals surface area contributed by atoms with E-state index < -0.39 is 5.60 Å². The summed E-state index contributed by atoms with van der Waals surface area (Å²) in [5.41, 5.74) is 6.31. The molecular formula is C15H25N3O2. The molecule has 5 heteroatoms. The van der Waals surface area contributed by atoms with Gasteiger partial charge in [0.2, 0.25) is 5.91 Å². The molecule has 1 rings (SSSR count). The quantitative estimate of drug-likeness (QED) is 0.771. The van der Waals surface area contributed by atoms with Crippen molar-refractivity contribution in [2.24, 2.45) is 0 Å². The van der Waals surface area contributed by atoms with E-state index in [2.05, 4.69) is 0 Å². The summed E-state index contributed by atoms with van der Waals surface area (Å²) in [6.07, 6.45) is 0. The van der Waals surface area contributed by atoms with Gasteiger partial charge in [0.25, 0.3) is 0 Å². The highest BCUT2D eigenvalue weighted by atomic mass is 16.3. The summed E-state index contributed by atoms with van der Waals surface area (Å²) in [5, 5.41) is 9.84. The maximum atomic E-state index is 12.3. The number of nitrogen functional groups attached to an aromatic ring is 1. The Labute approximate surface area is 121 Å². The predicted octanol–water partition coefficient (Wildman–Crippen LogP) is 1.32. The third-order valence-electron chi connectivity index (χ3n) is 3.07. The van der Waals surface area contributed by atoms with Gasteiger partial charge in [-0.2, -0.15) is 0 Å². The maximum Gasteiger partial charge on any atom is 0.240 e. The number of likely N-dealkylation sites (N-methyl/N-ethyl adjacent to an activating group) is 2.